The van der Waals surface area contributed by atoms with E-state index in [2.05, 4.69) is 49.0 Å². The minimum atomic E-state index is -0.152. The van der Waals surface area contributed by atoms with E-state index in [-0.39, 0.29) is 5.69 Å². The van der Waals surface area contributed by atoms with E-state index < -0.39 is 0 Å². The number of nitrogens with zero attached hydrogens (tertiary/aromatic N) is 3. The summed E-state index contributed by atoms with van der Waals surface area (Å²) in [5.41, 5.74) is 6.79. The number of benzene rings is 1. The van der Waals surface area contributed by atoms with E-state index in [0.717, 1.165) is 43.8 Å². The number of rotatable bonds is 4. The van der Waals surface area contributed by atoms with Crippen molar-refractivity contribution in [2.75, 3.05) is 31.1 Å². The fourth-order valence-electron chi connectivity index (χ4n) is 4.32. The highest BCUT2D eigenvalue weighted by atomic mass is 16.1. The van der Waals surface area contributed by atoms with Gasteiger partial charge in [-0.15, -0.1) is 0 Å². The van der Waals surface area contributed by atoms with Gasteiger partial charge in [0, 0.05) is 50.8 Å². The SMILES string of the molecule is O=c1[nH]c2ccc(N3CCN(Cc4cncc(C5=CCCC5)c4)CC3)cc2[nH]1. The maximum absolute atomic E-state index is 11.5. The Hall–Kier alpha value is -2.86. The van der Waals surface area contributed by atoms with Gasteiger partial charge in [0.25, 0.3) is 0 Å². The van der Waals surface area contributed by atoms with Crippen LogP contribution in [-0.2, 0) is 6.54 Å². The predicted octanol–water partition coefficient (Wildman–Crippen LogP) is 3.14. The second-order valence-electron chi connectivity index (χ2n) is 7.78. The van der Waals surface area contributed by atoms with Gasteiger partial charge in [-0.1, -0.05) is 6.08 Å². The molecule has 2 aromatic heterocycles. The van der Waals surface area contributed by atoms with E-state index in [1.165, 1.54) is 41.6 Å². The number of hydrogen-bond donors (Lipinski definition) is 2. The summed E-state index contributed by atoms with van der Waals surface area (Å²) >= 11 is 0. The van der Waals surface area contributed by atoms with Crippen molar-refractivity contribution < 1.29 is 0 Å². The van der Waals surface area contributed by atoms with Crippen LogP contribution in [0.3, 0.4) is 0 Å². The van der Waals surface area contributed by atoms with Crippen LogP contribution in [0.25, 0.3) is 16.6 Å². The van der Waals surface area contributed by atoms with Crippen LogP contribution in [0.2, 0.25) is 0 Å². The second-order valence-corrected chi connectivity index (χ2v) is 7.78. The third-order valence-electron chi connectivity index (χ3n) is 5.85. The third-order valence-corrected chi connectivity index (χ3v) is 5.85. The quantitative estimate of drug-likeness (QED) is 0.735. The van der Waals surface area contributed by atoms with E-state index in [4.69, 9.17) is 0 Å². The molecule has 2 N–H and O–H groups in total. The molecule has 144 valence electrons. The number of nitrogens with one attached hydrogen (secondary N) is 2. The molecule has 1 aromatic carbocycles. The van der Waals surface area contributed by atoms with E-state index in [0.29, 0.717) is 0 Å². The molecule has 0 spiro atoms. The number of allylic oxidation sites excluding steroid dienone is 2. The topological polar surface area (TPSA) is 68.0 Å². The van der Waals surface area contributed by atoms with Crippen molar-refractivity contribution in [1.82, 2.24) is 19.9 Å². The normalized spacial score (nSPS) is 18.0. The van der Waals surface area contributed by atoms with Crippen LogP contribution in [0.4, 0.5) is 5.69 Å². The Morgan fingerprint density at radius 2 is 1.86 bits per heavy atom. The average molecular weight is 375 g/mol. The number of aromatic amines is 2. The minimum Gasteiger partial charge on any atom is -0.369 e. The summed E-state index contributed by atoms with van der Waals surface area (Å²) in [6.07, 6.45) is 10.0. The van der Waals surface area contributed by atoms with Crippen LogP contribution in [0, 0.1) is 0 Å². The first-order valence-corrected chi connectivity index (χ1v) is 10.1. The first-order chi connectivity index (χ1) is 13.7. The lowest BCUT2D eigenvalue weighted by molar-refractivity contribution is 0.249. The van der Waals surface area contributed by atoms with Crippen molar-refractivity contribution in [3.63, 3.8) is 0 Å². The molecule has 3 heterocycles. The van der Waals surface area contributed by atoms with Crippen molar-refractivity contribution in [3.8, 4) is 0 Å². The second kappa shape index (κ2) is 7.28. The van der Waals surface area contributed by atoms with E-state index in [1.807, 2.05) is 18.5 Å². The van der Waals surface area contributed by atoms with Gasteiger partial charge in [0.15, 0.2) is 0 Å². The van der Waals surface area contributed by atoms with Gasteiger partial charge in [-0.25, -0.2) is 4.79 Å². The van der Waals surface area contributed by atoms with Crippen LogP contribution >= 0.6 is 0 Å². The number of imidazole rings is 1. The fraction of sp³-hybridized carbons (Fsp3) is 0.364. The molecular formula is C22H25N5O. The highest BCUT2D eigenvalue weighted by Gasteiger charge is 2.18. The van der Waals surface area contributed by atoms with E-state index in [9.17, 15) is 4.79 Å². The summed E-state index contributed by atoms with van der Waals surface area (Å²) in [7, 11) is 0. The molecule has 1 fully saturated rings. The highest BCUT2D eigenvalue weighted by molar-refractivity contribution is 5.79. The van der Waals surface area contributed by atoms with Crippen LogP contribution in [0.1, 0.15) is 30.4 Å². The standard InChI is InChI=1S/C22H25N5O/c28-22-24-20-6-5-19(12-21(20)25-22)27-9-7-26(8-10-27)15-16-11-18(14-23-13-16)17-3-1-2-4-17/h3,5-6,11-14H,1-2,4,7-10,15H2,(H2,24,25,28). The summed E-state index contributed by atoms with van der Waals surface area (Å²) in [4.78, 5) is 26.5. The zero-order chi connectivity index (χ0) is 18.9. The van der Waals surface area contributed by atoms with Gasteiger partial charge < -0.3 is 14.9 Å². The Balaban J connectivity index is 1.23. The van der Waals surface area contributed by atoms with Gasteiger partial charge in [0.1, 0.15) is 0 Å². The van der Waals surface area contributed by atoms with Crippen LogP contribution in [0.15, 0.2) is 47.5 Å². The summed E-state index contributed by atoms with van der Waals surface area (Å²) < 4.78 is 0. The fourth-order valence-corrected chi connectivity index (χ4v) is 4.32. The largest absolute Gasteiger partial charge is 0.369 e. The highest BCUT2D eigenvalue weighted by Crippen LogP contribution is 2.28. The molecule has 0 saturated carbocycles. The molecule has 0 atom stereocenters. The summed E-state index contributed by atoms with van der Waals surface area (Å²) in [5, 5.41) is 0. The van der Waals surface area contributed by atoms with Gasteiger partial charge in [-0.3, -0.25) is 9.88 Å². The Labute approximate surface area is 163 Å². The van der Waals surface area contributed by atoms with Crippen LogP contribution in [0.5, 0.6) is 0 Å². The Morgan fingerprint density at radius 3 is 2.68 bits per heavy atom. The van der Waals surface area contributed by atoms with Gasteiger partial charge in [0.2, 0.25) is 0 Å². The molecule has 0 bridgehead atoms. The van der Waals surface area contributed by atoms with E-state index >= 15 is 0 Å². The molecule has 6 nitrogen and oxygen atoms in total. The number of anilines is 1. The zero-order valence-electron chi connectivity index (χ0n) is 15.9. The van der Waals surface area contributed by atoms with Gasteiger partial charge in [-0.2, -0.15) is 0 Å². The lowest BCUT2D eigenvalue weighted by atomic mass is 10.1. The average Bonchev–Trinajstić information content (AvgIpc) is 3.37. The van der Waals surface area contributed by atoms with Crippen molar-refractivity contribution in [1.29, 1.82) is 0 Å². The molecule has 0 unspecified atom stereocenters. The zero-order valence-corrected chi connectivity index (χ0v) is 15.9. The molecule has 5 rings (SSSR count). The molecule has 28 heavy (non-hydrogen) atoms. The van der Waals surface area contributed by atoms with Crippen LogP contribution in [-0.4, -0.2) is 46.0 Å². The molecule has 1 aliphatic heterocycles. The lowest BCUT2D eigenvalue weighted by Gasteiger charge is -2.36. The molecule has 1 aliphatic carbocycles. The monoisotopic (exact) mass is 375 g/mol. The minimum absolute atomic E-state index is 0.152. The number of piperazine rings is 1. The molecule has 0 amide bonds. The van der Waals surface area contributed by atoms with Crippen molar-refractivity contribution in [3.05, 3.63) is 64.3 Å². The van der Waals surface area contributed by atoms with Crippen molar-refractivity contribution >= 4 is 22.3 Å². The first kappa shape index (κ1) is 17.3. The lowest BCUT2D eigenvalue weighted by Crippen LogP contribution is -2.46. The van der Waals surface area contributed by atoms with E-state index in [1.54, 1.807) is 0 Å². The number of pyridine rings is 1. The maximum Gasteiger partial charge on any atom is 0.323 e. The first-order valence-electron chi connectivity index (χ1n) is 10.1. The van der Waals surface area contributed by atoms with Gasteiger partial charge >= 0.3 is 5.69 Å². The number of fused-ring (bicyclic) bond motifs is 1. The molecule has 6 heteroatoms. The number of aromatic nitrogens is 3. The third kappa shape index (κ3) is 3.47. The van der Waals surface area contributed by atoms with Crippen LogP contribution < -0.4 is 10.6 Å². The Bertz CT molecular complexity index is 1070. The van der Waals surface area contributed by atoms with Gasteiger partial charge in [-0.05, 0) is 60.2 Å². The summed E-state index contributed by atoms with van der Waals surface area (Å²) in [6.45, 7) is 4.96. The molecular weight excluding hydrogens is 350 g/mol. The Kier molecular flexibility index (Phi) is 4.49. The predicted molar refractivity (Wildman–Crippen MR) is 112 cm³/mol. The maximum atomic E-state index is 11.5. The molecule has 1 saturated heterocycles. The number of hydrogen-bond acceptors (Lipinski definition) is 4. The Morgan fingerprint density at radius 1 is 1.00 bits per heavy atom. The van der Waals surface area contributed by atoms with Gasteiger partial charge in [0.05, 0.1) is 11.0 Å². The molecule has 3 aromatic rings. The summed E-state index contributed by atoms with van der Waals surface area (Å²) in [5.74, 6) is 0. The van der Waals surface area contributed by atoms with Crippen molar-refractivity contribution in [2.45, 2.75) is 25.8 Å². The molecule has 0 radical (unpaired) electrons. The smallest absolute Gasteiger partial charge is 0.323 e. The van der Waals surface area contributed by atoms with Crippen molar-refractivity contribution in [2.24, 2.45) is 0 Å². The summed E-state index contributed by atoms with van der Waals surface area (Å²) in [6, 6.07) is 8.44. The molecule has 2 aliphatic rings. The number of H-pyrrole nitrogens is 2.